The molecule has 1 aliphatic heterocycles. The Labute approximate surface area is 117 Å². The van der Waals surface area contributed by atoms with E-state index in [9.17, 15) is 4.79 Å². The Bertz CT molecular complexity index is 292. The quantitative estimate of drug-likeness (QED) is 0.793. The van der Waals surface area contributed by atoms with Crippen molar-refractivity contribution in [1.82, 2.24) is 10.2 Å². The lowest BCUT2D eigenvalue weighted by Crippen LogP contribution is -2.52. The van der Waals surface area contributed by atoms with Crippen LogP contribution in [0.4, 0.5) is 0 Å². The maximum atomic E-state index is 12.1. The molecule has 1 saturated heterocycles. The third-order valence-electron chi connectivity index (χ3n) is 4.94. The molecule has 110 valence electrons. The van der Waals surface area contributed by atoms with Crippen LogP contribution in [0.15, 0.2) is 0 Å². The lowest BCUT2D eigenvalue weighted by atomic mass is 9.93. The van der Waals surface area contributed by atoms with Crippen LogP contribution in [-0.2, 0) is 4.79 Å². The van der Waals surface area contributed by atoms with E-state index >= 15 is 0 Å². The first kappa shape index (κ1) is 14.8. The van der Waals surface area contributed by atoms with Gasteiger partial charge in [-0.25, -0.2) is 0 Å². The minimum absolute atomic E-state index is 0.0796. The molecule has 19 heavy (non-hydrogen) atoms. The molecule has 2 fully saturated rings. The first-order valence-electron chi connectivity index (χ1n) is 7.93. The minimum atomic E-state index is -0.564. The number of carbonyl (C=O) groups excluding carboxylic acids is 1. The first-order chi connectivity index (χ1) is 9.14. The van der Waals surface area contributed by atoms with Crippen LogP contribution in [0.2, 0.25) is 0 Å². The molecule has 0 aromatic carbocycles. The van der Waals surface area contributed by atoms with E-state index in [4.69, 9.17) is 5.73 Å². The summed E-state index contributed by atoms with van der Waals surface area (Å²) < 4.78 is 0. The predicted molar refractivity (Wildman–Crippen MR) is 77.9 cm³/mol. The van der Waals surface area contributed by atoms with Gasteiger partial charge in [-0.3, -0.25) is 4.79 Å². The third-order valence-corrected chi connectivity index (χ3v) is 4.94. The van der Waals surface area contributed by atoms with E-state index in [-0.39, 0.29) is 5.91 Å². The van der Waals surface area contributed by atoms with Crippen molar-refractivity contribution in [2.45, 2.75) is 57.4 Å². The van der Waals surface area contributed by atoms with Gasteiger partial charge in [-0.15, -0.1) is 0 Å². The largest absolute Gasteiger partial charge is 0.354 e. The van der Waals surface area contributed by atoms with E-state index in [1.807, 2.05) is 0 Å². The highest BCUT2D eigenvalue weighted by Gasteiger charge is 2.36. The summed E-state index contributed by atoms with van der Waals surface area (Å²) in [6.07, 6.45) is 7.56. The van der Waals surface area contributed by atoms with Gasteiger partial charge in [0.1, 0.15) is 0 Å². The molecule has 1 heterocycles. The normalized spacial score (nSPS) is 24.5. The molecular weight excluding hydrogens is 238 g/mol. The van der Waals surface area contributed by atoms with Crippen LogP contribution in [0.25, 0.3) is 0 Å². The number of carbonyl (C=O) groups is 1. The Balaban J connectivity index is 1.63. The molecule has 4 nitrogen and oxygen atoms in total. The molecule has 1 aliphatic carbocycles. The third kappa shape index (κ3) is 3.93. The topological polar surface area (TPSA) is 58.4 Å². The zero-order valence-corrected chi connectivity index (χ0v) is 12.3. The van der Waals surface area contributed by atoms with Crippen LogP contribution in [0.1, 0.15) is 51.9 Å². The number of piperidine rings is 1. The van der Waals surface area contributed by atoms with Crippen LogP contribution in [0.3, 0.4) is 0 Å². The molecule has 2 rings (SSSR count). The van der Waals surface area contributed by atoms with Crippen LogP contribution in [0.5, 0.6) is 0 Å². The second kappa shape index (κ2) is 6.71. The summed E-state index contributed by atoms with van der Waals surface area (Å²) in [5.41, 5.74) is 5.58. The van der Waals surface area contributed by atoms with Gasteiger partial charge in [0.05, 0.1) is 5.54 Å². The molecular formula is C15H29N3O. The van der Waals surface area contributed by atoms with Crippen molar-refractivity contribution >= 4 is 5.91 Å². The summed E-state index contributed by atoms with van der Waals surface area (Å²) in [5, 5.41) is 3.06. The van der Waals surface area contributed by atoms with Crippen LogP contribution in [-0.4, -0.2) is 42.5 Å². The fourth-order valence-corrected chi connectivity index (χ4v) is 3.39. The molecule has 1 amide bonds. The van der Waals surface area contributed by atoms with Crippen molar-refractivity contribution in [3.63, 3.8) is 0 Å². The summed E-state index contributed by atoms with van der Waals surface area (Å²) in [7, 11) is 0. The summed E-state index contributed by atoms with van der Waals surface area (Å²) >= 11 is 0. The van der Waals surface area contributed by atoms with E-state index in [1.54, 1.807) is 0 Å². The highest BCUT2D eigenvalue weighted by atomic mass is 16.2. The highest BCUT2D eigenvalue weighted by molar-refractivity contribution is 5.86. The number of nitrogens with zero attached hydrogens (tertiary/aromatic N) is 1. The van der Waals surface area contributed by atoms with Gasteiger partial charge in [-0.05, 0) is 57.7 Å². The van der Waals surface area contributed by atoms with Crippen LogP contribution >= 0.6 is 0 Å². The fourth-order valence-electron chi connectivity index (χ4n) is 3.39. The van der Waals surface area contributed by atoms with E-state index in [1.165, 1.54) is 32.5 Å². The Kier molecular flexibility index (Phi) is 5.22. The SMILES string of the molecule is CCN1CCC(CCNC(=O)C2(N)CCCC2)CC1. The van der Waals surface area contributed by atoms with Gasteiger partial charge in [0.25, 0.3) is 0 Å². The van der Waals surface area contributed by atoms with Gasteiger partial charge in [0.15, 0.2) is 0 Å². The molecule has 0 aromatic rings. The second-order valence-electron chi connectivity index (χ2n) is 6.29. The summed E-state index contributed by atoms with van der Waals surface area (Å²) in [6.45, 7) is 6.63. The van der Waals surface area contributed by atoms with Gasteiger partial charge in [0.2, 0.25) is 5.91 Å². The summed E-state index contributed by atoms with van der Waals surface area (Å²) in [5.74, 6) is 0.858. The van der Waals surface area contributed by atoms with E-state index in [2.05, 4.69) is 17.1 Å². The molecule has 1 saturated carbocycles. The summed E-state index contributed by atoms with van der Waals surface area (Å²) in [4.78, 5) is 14.6. The molecule has 0 spiro atoms. The molecule has 4 heteroatoms. The van der Waals surface area contributed by atoms with E-state index in [0.29, 0.717) is 0 Å². The number of amides is 1. The van der Waals surface area contributed by atoms with Gasteiger partial charge >= 0.3 is 0 Å². The second-order valence-corrected chi connectivity index (χ2v) is 6.29. The lowest BCUT2D eigenvalue weighted by molar-refractivity contribution is -0.126. The number of hydrogen-bond donors (Lipinski definition) is 2. The molecule has 0 radical (unpaired) electrons. The minimum Gasteiger partial charge on any atom is -0.354 e. The molecule has 0 bridgehead atoms. The standard InChI is InChI=1S/C15H29N3O/c1-2-18-11-6-13(7-12-18)5-10-17-14(19)15(16)8-3-4-9-15/h13H,2-12,16H2,1H3,(H,17,19). The van der Waals surface area contributed by atoms with Crippen LogP contribution < -0.4 is 11.1 Å². The molecule has 3 N–H and O–H groups in total. The number of rotatable bonds is 5. The maximum Gasteiger partial charge on any atom is 0.240 e. The lowest BCUT2D eigenvalue weighted by Gasteiger charge is -2.31. The van der Waals surface area contributed by atoms with Crippen molar-refractivity contribution < 1.29 is 4.79 Å². The number of nitrogens with one attached hydrogen (secondary N) is 1. The molecule has 0 atom stereocenters. The Morgan fingerprint density at radius 3 is 2.53 bits per heavy atom. The van der Waals surface area contributed by atoms with Gasteiger partial charge < -0.3 is 16.0 Å². The highest BCUT2D eigenvalue weighted by Crippen LogP contribution is 2.27. The zero-order valence-electron chi connectivity index (χ0n) is 12.3. The van der Waals surface area contributed by atoms with Gasteiger partial charge in [0, 0.05) is 6.54 Å². The fraction of sp³-hybridized carbons (Fsp3) is 0.933. The van der Waals surface area contributed by atoms with E-state index in [0.717, 1.165) is 44.6 Å². The predicted octanol–water partition coefficient (Wildman–Crippen LogP) is 1.50. The Hall–Kier alpha value is -0.610. The van der Waals surface area contributed by atoms with Crippen molar-refractivity contribution in [1.29, 1.82) is 0 Å². The summed E-state index contributed by atoms with van der Waals surface area (Å²) in [6, 6.07) is 0. The van der Waals surface area contributed by atoms with Crippen molar-refractivity contribution in [3.05, 3.63) is 0 Å². The van der Waals surface area contributed by atoms with Gasteiger partial charge in [-0.2, -0.15) is 0 Å². The van der Waals surface area contributed by atoms with Gasteiger partial charge in [-0.1, -0.05) is 19.8 Å². The van der Waals surface area contributed by atoms with Crippen molar-refractivity contribution in [3.8, 4) is 0 Å². The number of likely N-dealkylation sites (tertiary alicyclic amines) is 1. The number of nitrogens with two attached hydrogens (primary N) is 1. The van der Waals surface area contributed by atoms with E-state index < -0.39 is 5.54 Å². The van der Waals surface area contributed by atoms with Crippen molar-refractivity contribution in [2.24, 2.45) is 11.7 Å². The smallest absolute Gasteiger partial charge is 0.240 e. The number of hydrogen-bond acceptors (Lipinski definition) is 3. The zero-order chi connectivity index (χ0) is 13.7. The van der Waals surface area contributed by atoms with Crippen molar-refractivity contribution in [2.75, 3.05) is 26.2 Å². The average molecular weight is 267 g/mol. The first-order valence-corrected chi connectivity index (χ1v) is 7.93. The Morgan fingerprint density at radius 1 is 1.32 bits per heavy atom. The molecule has 2 aliphatic rings. The molecule has 0 aromatic heterocycles. The average Bonchev–Trinajstić information content (AvgIpc) is 2.88. The monoisotopic (exact) mass is 267 g/mol. The Morgan fingerprint density at radius 2 is 1.95 bits per heavy atom. The molecule has 0 unspecified atom stereocenters. The maximum absolute atomic E-state index is 12.1. The van der Waals surface area contributed by atoms with Crippen LogP contribution in [0, 0.1) is 5.92 Å².